The number of hydrogen-bond donors (Lipinski definition) is 2. The second-order valence-electron chi connectivity index (χ2n) is 16.8. The van der Waals surface area contributed by atoms with Crippen LogP contribution in [0.25, 0.3) is 22.5 Å². The number of anilines is 1. The number of rotatable bonds is 13. The summed E-state index contributed by atoms with van der Waals surface area (Å²) in [6.07, 6.45) is 7.83. The number of fused-ring (bicyclic) bond motifs is 1. The van der Waals surface area contributed by atoms with Crippen LogP contribution < -0.4 is 15.4 Å². The van der Waals surface area contributed by atoms with Crippen molar-refractivity contribution in [1.82, 2.24) is 44.4 Å². The van der Waals surface area contributed by atoms with Crippen molar-refractivity contribution in [3.05, 3.63) is 93.4 Å². The lowest BCUT2D eigenvalue weighted by Gasteiger charge is -2.29. The van der Waals surface area contributed by atoms with Crippen LogP contribution >= 0.6 is 23.2 Å². The summed E-state index contributed by atoms with van der Waals surface area (Å²) >= 11 is 14.1. The third kappa shape index (κ3) is 10.0. The molecule has 61 heavy (non-hydrogen) atoms. The van der Waals surface area contributed by atoms with Crippen LogP contribution in [0.2, 0.25) is 10.0 Å². The molecule has 3 amide bonds. The molecule has 0 bridgehead atoms. The van der Waals surface area contributed by atoms with Gasteiger partial charge in [-0.1, -0.05) is 35.3 Å². The third-order valence-electron chi connectivity index (χ3n) is 10.8. The van der Waals surface area contributed by atoms with E-state index in [1.54, 1.807) is 62.2 Å². The van der Waals surface area contributed by atoms with Crippen LogP contribution in [0.3, 0.4) is 0 Å². The van der Waals surface area contributed by atoms with Crippen LogP contribution in [0.5, 0.6) is 5.88 Å². The molecule has 0 radical (unpaired) electrons. The number of methoxy groups -OCH3 is 1. The van der Waals surface area contributed by atoms with E-state index in [0.717, 1.165) is 37.3 Å². The Morgan fingerprint density at radius 1 is 1.07 bits per heavy atom. The zero-order valence-electron chi connectivity index (χ0n) is 35.6. The first-order chi connectivity index (χ1) is 29.1. The molecule has 2 aliphatic heterocycles. The fraction of sp³-hybridized carbons (Fsp3) is 0.432. The minimum atomic E-state index is -0.716. The first-order valence-corrected chi connectivity index (χ1v) is 21.2. The Labute approximate surface area is 365 Å². The van der Waals surface area contributed by atoms with E-state index in [9.17, 15) is 14.4 Å². The predicted octanol–water partition coefficient (Wildman–Crippen LogP) is 7.51. The normalized spacial score (nSPS) is 15.4. The van der Waals surface area contributed by atoms with E-state index in [1.807, 2.05) is 28.6 Å². The van der Waals surface area contributed by atoms with Gasteiger partial charge >= 0.3 is 6.09 Å². The molecule has 17 heteroatoms. The summed E-state index contributed by atoms with van der Waals surface area (Å²) < 4.78 is 15.3. The molecule has 2 N–H and O–H groups in total. The molecule has 2 aliphatic rings. The van der Waals surface area contributed by atoms with Crippen LogP contribution in [0.4, 0.5) is 10.5 Å². The topological polar surface area (TPSA) is 162 Å². The van der Waals surface area contributed by atoms with Gasteiger partial charge in [-0.05, 0) is 77.3 Å². The Morgan fingerprint density at radius 2 is 1.87 bits per heavy atom. The maximum Gasteiger partial charge on any atom is 0.410 e. The summed E-state index contributed by atoms with van der Waals surface area (Å²) in [6.45, 7) is 12.4. The standard InChI is InChI=1S/C44H52Cl2N10O5/c1-26(2)56-22-27(21-48-56)16-19-54-20-17-35-34(25-54)50-40(53(35)6)41(58)51-33-10-8-9-31(37(33)45)39-38(46)30(15-18-47-39)32-13-11-28(42(52-32)60-7)23-55(43(59)61-44(3,4)5)24-29-12-14-36(57)49-29/h8-11,13,15,18,21-22,26,29H,12,14,16-17,19-20,23-25H2,1-7H3,(H,49,57)(H,51,58)/t29-/m0/s1. The predicted molar refractivity (Wildman–Crippen MR) is 234 cm³/mol. The molecule has 322 valence electrons. The molecule has 5 aromatic rings. The van der Waals surface area contributed by atoms with Crippen LogP contribution in [-0.2, 0) is 42.5 Å². The Morgan fingerprint density at radius 3 is 2.57 bits per heavy atom. The van der Waals surface area contributed by atoms with Crippen molar-refractivity contribution in [3.8, 4) is 28.4 Å². The quantitative estimate of drug-likeness (QED) is 0.121. The number of nitrogens with zero attached hydrogens (tertiary/aromatic N) is 8. The SMILES string of the molecule is COc1nc(-c2ccnc(-c3cccc(NC(=O)c4nc5c(n4C)CCN(CCc4cnn(C(C)C)c4)C5)c3Cl)c2Cl)ccc1CN(C[C@@H]1CCC(=O)N1)C(=O)OC(C)(C)C. The molecule has 1 saturated heterocycles. The lowest BCUT2D eigenvalue weighted by molar-refractivity contribution is -0.119. The zero-order valence-corrected chi connectivity index (χ0v) is 37.1. The highest BCUT2D eigenvalue weighted by Gasteiger charge is 2.30. The number of halogens is 2. The smallest absolute Gasteiger partial charge is 0.410 e. The van der Waals surface area contributed by atoms with Crippen LogP contribution in [0, 0.1) is 0 Å². The number of ether oxygens (including phenoxy) is 2. The van der Waals surface area contributed by atoms with Crippen molar-refractivity contribution in [3.63, 3.8) is 0 Å². The van der Waals surface area contributed by atoms with E-state index in [1.165, 1.54) is 12.7 Å². The summed E-state index contributed by atoms with van der Waals surface area (Å²) in [5, 5.41) is 10.9. The molecule has 1 fully saturated rings. The van der Waals surface area contributed by atoms with Crippen molar-refractivity contribution in [2.75, 3.05) is 32.1 Å². The number of hydrogen-bond acceptors (Lipinski definition) is 10. The van der Waals surface area contributed by atoms with Gasteiger partial charge in [-0.2, -0.15) is 5.10 Å². The molecule has 7 rings (SSSR count). The van der Waals surface area contributed by atoms with E-state index in [2.05, 4.69) is 45.7 Å². The van der Waals surface area contributed by atoms with E-state index in [0.29, 0.717) is 65.0 Å². The van der Waals surface area contributed by atoms with Crippen LogP contribution in [0.15, 0.2) is 55.0 Å². The number of carbonyl (C=O) groups excluding carboxylic acids is 3. The fourth-order valence-corrected chi connectivity index (χ4v) is 8.18. The number of aromatic nitrogens is 6. The van der Waals surface area contributed by atoms with E-state index in [4.69, 9.17) is 42.6 Å². The molecule has 1 atom stereocenters. The average molecular weight is 872 g/mol. The summed E-state index contributed by atoms with van der Waals surface area (Å²) in [6, 6.07) is 10.8. The molecule has 15 nitrogen and oxygen atoms in total. The Kier molecular flexibility index (Phi) is 13.0. The minimum Gasteiger partial charge on any atom is -0.481 e. The van der Waals surface area contributed by atoms with Gasteiger partial charge in [-0.3, -0.25) is 24.2 Å². The van der Waals surface area contributed by atoms with Gasteiger partial charge in [0.15, 0.2) is 5.82 Å². The zero-order chi connectivity index (χ0) is 43.6. The van der Waals surface area contributed by atoms with Crippen molar-refractivity contribution in [2.45, 2.75) is 91.1 Å². The van der Waals surface area contributed by atoms with Crippen molar-refractivity contribution < 1.29 is 23.9 Å². The fourth-order valence-electron chi connectivity index (χ4n) is 7.60. The molecule has 0 spiro atoms. The Hall–Kier alpha value is -5.51. The summed E-state index contributed by atoms with van der Waals surface area (Å²) in [5.74, 6) is 0.161. The van der Waals surface area contributed by atoms with Gasteiger partial charge in [0.1, 0.15) is 5.60 Å². The van der Waals surface area contributed by atoms with Gasteiger partial charge in [0.2, 0.25) is 11.8 Å². The maximum atomic E-state index is 13.8. The number of nitrogens with one attached hydrogen (secondary N) is 2. The maximum absolute atomic E-state index is 13.8. The Balaban J connectivity index is 1.07. The van der Waals surface area contributed by atoms with E-state index >= 15 is 0 Å². The van der Waals surface area contributed by atoms with E-state index < -0.39 is 11.7 Å². The summed E-state index contributed by atoms with van der Waals surface area (Å²) in [5.41, 5.74) is 5.40. The lowest BCUT2D eigenvalue weighted by atomic mass is 10.1. The first kappa shape index (κ1) is 43.6. The molecule has 0 saturated carbocycles. The summed E-state index contributed by atoms with van der Waals surface area (Å²) in [4.78, 5) is 57.1. The molecule has 4 aromatic heterocycles. The highest BCUT2D eigenvalue weighted by molar-refractivity contribution is 6.39. The number of amides is 3. The van der Waals surface area contributed by atoms with Crippen molar-refractivity contribution in [1.29, 1.82) is 0 Å². The molecule has 0 aliphatic carbocycles. The first-order valence-electron chi connectivity index (χ1n) is 20.4. The lowest BCUT2D eigenvalue weighted by Crippen LogP contribution is -2.43. The van der Waals surface area contributed by atoms with Gasteiger partial charge in [-0.15, -0.1) is 0 Å². The monoisotopic (exact) mass is 870 g/mol. The van der Waals surface area contributed by atoms with Crippen molar-refractivity contribution in [2.24, 2.45) is 7.05 Å². The van der Waals surface area contributed by atoms with Crippen molar-refractivity contribution >= 4 is 46.8 Å². The molecule has 1 aromatic carbocycles. The summed E-state index contributed by atoms with van der Waals surface area (Å²) in [7, 11) is 3.37. The highest BCUT2D eigenvalue weighted by Crippen LogP contribution is 2.40. The third-order valence-corrected chi connectivity index (χ3v) is 11.6. The second kappa shape index (κ2) is 18.2. The largest absolute Gasteiger partial charge is 0.481 e. The number of imidazole rings is 1. The van der Waals surface area contributed by atoms with Gasteiger partial charge in [-0.25, -0.2) is 14.8 Å². The second-order valence-corrected chi connectivity index (χ2v) is 17.5. The molecule has 0 unspecified atom stereocenters. The number of pyridine rings is 2. The van der Waals surface area contributed by atoms with Gasteiger partial charge in [0, 0.05) is 92.9 Å². The van der Waals surface area contributed by atoms with Crippen LogP contribution in [0.1, 0.15) is 86.6 Å². The number of benzene rings is 1. The molecular formula is C44H52Cl2N10O5. The molecule has 6 heterocycles. The van der Waals surface area contributed by atoms with Gasteiger partial charge in [0.05, 0.1) is 52.7 Å². The average Bonchev–Trinajstić information content (AvgIpc) is 3.96. The van der Waals surface area contributed by atoms with Gasteiger partial charge < -0.3 is 29.6 Å². The number of carbonyl (C=O) groups is 3. The van der Waals surface area contributed by atoms with E-state index in [-0.39, 0.29) is 46.9 Å². The molecular weight excluding hydrogens is 819 g/mol. The Bertz CT molecular complexity index is 2440. The van der Waals surface area contributed by atoms with Gasteiger partial charge in [0.25, 0.3) is 5.91 Å². The minimum absolute atomic E-state index is 0.0440. The highest BCUT2D eigenvalue weighted by atomic mass is 35.5. The van der Waals surface area contributed by atoms with Crippen LogP contribution in [-0.4, -0.2) is 95.4 Å².